The van der Waals surface area contributed by atoms with Crippen LogP contribution in [0.15, 0.2) is 54.7 Å². The molecule has 0 atom stereocenters. The third-order valence-electron chi connectivity index (χ3n) is 3.55. The van der Waals surface area contributed by atoms with Crippen LogP contribution in [0.25, 0.3) is 4.48 Å². The Labute approximate surface area is 132 Å². The van der Waals surface area contributed by atoms with Gasteiger partial charge in [0.1, 0.15) is 0 Å². The van der Waals surface area contributed by atoms with Gasteiger partial charge in [-0.05, 0) is 44.8 Å². The van der Waals surface area contributed by atoms with Crippen molar-refractivity contribution in [1.82, 2.24) is 4.90 Å². The molecular formula is C17H15BrN2O. The maximum Gasteiger partial charge on any atom is 0.248 e. The Morgan fingerprint density at radius 2 is 1.95 bits per heavy atom. The number of benzene rings is 2. The minimum atomic E-state index is -0.398. The highest BCUT2D eigenvalue weighted by Gasteiger charge is 2.17. The van der Waals surface area contributed by atoms with Crippen LogP contribution in [-0.4, -0.2) is 10.8 Å². The number of amides is 1. The van der Waals surface area contributed by atoms with E-state index in [0.29, 0.717) is 5.56 Å². The Balaban J connectivity index is 1.86. The molecule has 0 spiro atoms. The van der Waals surface area contributed by atoms with E-state index in [1.54, 1.807) is 6.07 Å². The van der Waals surface area contributed by atoms with Gasteiger partial charge in [0, 0.05) is 29.3 Å². The number of fused-ring (bicyclic) bond motifs is 1. The highest BCUT2D eigenvalue weighted by molar-refractivity contribution is 9.15. The number of hydrogen-bond acceptors (Lipinski definition) is 2. The molecule has 2 aromatic rings. The summed E-state index contributed by atoms with van der Waals surface area (Å²) in [6.45, 7) is 1.67. The van der Waals surface area contributed by atoms with E-state index in [-0.39, 0.29) is 0 Å². The fourth-order valence-corrected chi connectivity index (χ4v) is 3.16. The summed E-state index contributed by atoms with van der Waals surface area (Å²) in [7, 11) is 0. The molecule has 106 valence electrons. The average molecular weight is 343 g/mol. The number of hydrogen-bond donors (Lipinski definition) is 1. The first-order chi connectivity index (χ1) is 10.1. The van der Waals surface area contributed by atoms with Gasteiger partial charge < -0.3 is 10.6 Å². The van der Waals surface area contributed by atoms with Crippen molar-refractivity contribution in [2.75, 3.05) is 0 Å². The monoisotopic (exact) mass is 342 g/mol. The first-order valence-electron chi connectivity index (χ1n) is 6.72. The standard InChI is InChI=1S/C17H15BrN2O/c18-16-11-20(9-12-4-2-1-3-5-12)10-14-7-6-13(17(19)21)8-15(14)16/h1-8,11H,9-10H2,(H2,19,21). The lowest BCUT2D eigenvalue weighted by Gasteiger charge is -2.27. The predicted molar refractivity (Wildman–Crippen MR) is 87.6 cm³/mol. The van der Waals surface area contributed by atoms with Gasteiger partial charge in [0.05, 0.1) is 0 Å². The molecule has 0 aromatic heterocycles. The van der Waals surface area contributed by atoms with Crippen molar-refractivity contribution in [2.24, 2.45) is 5.73 Å². The molecule has 4 heteroatoms. The van der Waals surface area contributed by atoms with Crippen LogP contribution in [0.2, 0.25) is 0 Å². The molecule has 0 unspecified atom stereocenters. The van der Waals surface area contributed by atoms with Crippen LogP contribution < -0.4 is 5.73 Å². The number of primary amides is 1. The van der Waals surface area contributed by atoms with Gasteiger partial charge in [0.25, 0.3) is 0 Å². The zero-order valence-corrected chi connectivity index (χ0v) is 13.0. The number of carbonyl (C=O) groups is 1. The van der Waals surface area contributed by atoms with Crippen LogP contribution >= 0.6 is 15.9 Å². The molecule has 0 bridgehead atoms. The number of nitrogens with two attached hydrogens (primary N) is 1. The van der Waals surface area contributed by atoms with E-state index in [4.69, 9.17) is 5.73 Å². The largest absolute Gasteiger partial charge is 0.368 e. The van der Waals surface area contributed by atoms with Gasteiger partial charge in [0.15, 0.2) is 0 Å². The van der Waals surface area contributed by atoms with Crippen LogP contribution in [-0.2, 0) is 13.1 Å². The van der Waals surface area contributed by atoms with Gasteiger partial charge in [0.2, 0.25) is 5.91 Å². The highest BCUT2D eigenvalue weighted by atomic mass is 79.9. The predicted octanol–water partition coefficient (Wildman–Crippen LogP) is 3.49. The summed E-state index contributed by atoms with van der Waals surface area (Å²) in [5.41, 5.74) is 9.37. The molecule has 0 radical (unpaired) electrons. The second-order valence-corrected chi connectivity index (χ2v) is 5.96. The Hall–Kier alpha value is -2.07. The summed E-state index contributed by atoms with van der Waals surface area (Å²) in [6, 6.07) is 16.0. The highest BCUT2D eigenvalue weighted by Crippen LogP contribution is 2.32. The maximum absolute atomic E-state index is 11.3. The lowest BCUT2D eigenvalue weighted by atomic mass is 10.0. The van der Waals surface area contributed by atoms with Gasteiger partial charge >= 0.3 is 0 Å². The van der Waals surface area contributed by atoms with Gasteiger partial charge in [-0.15, -0.1) is 0 Å². The van der Waals surface area contributed by atoms with Crippen molar-refractivity contribution < 1.29 is 4.79 Å². The summed E-state index contributed by atoms with van der Waals surface area (Å²) in [6.07, 6.45) is 2.07. The topological polar surface area (TPSA) is 46.3 Å². The molecule has 2 aromatic carbocycles. The fourth-order valence-electron chi connectivity index (χ4n) is 2.50. The van der Waals surface area contributed by atoms with Gasteiger partial charge in [-0.25, -0.2) is 0 Å². The fraction of sp³-hybridized carbons (Fsp3) is 0.118. The zero-order chi connectivity index (χ0) is 14.8. The summed E-state index contributed by atoms with van der Waals surface area (Å²) in [5.74, 6) is -0.398. The molecule has 0 saturated heterocycles. The molecule has 0 saturated carbocycles. The minimum Gasteiger partial charge on any atom is -0.368 e. The number of halogens is 1. The minimum absolute atomic E-state index is 0.398. The lowest BCUT2D eigenvalue weighted by molar-refractivity contribution is 0.1000. The molecule has 1 amide bonds. The van der Waals surface area contributed by atoms with E-state index >= 15 is 0 Å². The molecule has 0 fully saturated rings. The normalized spacial score (nSPS) is 13.6. The molecule has 1 aliphatic rings. The summed E-state index contributed by atoms with van der Waals surface area (Å²) < 4.78 is 0.975. The van der Waals surface area contributed by atoms with Crippen LogP contribution in [0.3, 0.4) is 0 Å². The van der Waals surface area contributed by atoms with Gasteiger partial charge in [-0.1, -0.05) is 36.4 Å². The Morgan fingerprint density at radius 3 is 2.67 bits per heavy atom. The van der Waals surface area contributed by atoms with Crippen molar-refractivity contribution >= 4 is 26.3 Å². The molecule has 1 aliphatic heterocycles. The summed E-state index contributed by atoms with van der Waals surface area (Å²) in [5, 5.41) is 0. The van der Waals surface area contributed by atoms with Crippen LogP contribution in [0.5, 0.6) is 0 Å². The van der Waals surface area contributed by atoms with Crippen molar-refractivity contribution in [2.45, 2.75) is 13.1 Å². The van der Waals surface area contributed by atoms with E-state index in [1.807, 2.05) is 30.3 Å². The second kappa shape index (κ2) is 5.74. The molecule has 2 N–H and O–H groups in total. The molecule has 1 heterocycles. The first-order valence-corrected chi connectivity index (χ1v) is 7.51. The van der Waals surface area contributed by atoms with E-state index in [2.05, 4.69) is 39.2 Å². The molecule has 21 heavy (non-hydrogen) atoms. The zero-order valence-electron chi connectivity index (χ0n) is 11.4. The average Bonchev–Trinajstić information content (AvgIpc) is 2.48. The van der Waals surface area contributed by atoms with Gasteiger partial charge in [-0.2, -0.15) is 0 Å². The Morgan fingerprint density at radius 1 is 1.19 bits per heavy atom. The van der Waals surface area contributed by atoms with Gasteiger partial charge in [-0.3, -0.25) is 4.79 Å². The second-order valence-electron chi connectivity index (χ2n) is 5.10. The SMILES string of the molecule is NC(=O)c1ccc2c(c1)C(Br)=CN(Cc1ccccc1)C2. The van der Waals surface area contributed by atoms with Crippen molar-refractivity contribution in [3.63, 3.8) is 0 Å². The molecular weight excluding hydrogens is 328 g/mol. The molecule has 3 rings (SSSR count). The van der Waals surface area contributed by atoms with E-state index < -0.39 is 5.91 Å². The smallest absolute Gasteiger partial charge is 0.248 e. The number of rotatable bonds is 3. The van der Waals surface area contributed by atoms with Crippen LogP contribution in [0.1, 0.15) is 27.0 Å². The summed E-state index contributed by atoms with van der Waals surface area (Å²) in [4.78, 5) is 13.5. The Bertz CT molecular complexity index is 710. The third-order valence-corrected chi connectivity index (χ3v) is 4.18. The lowest BCUT2D eigenvalue weighted by Crippen LogP contribution is -2.21. The third kappa shape index (κ3) is 3.00. The van der Waals surface area contributed by atoms with E-state index in [0.717, 1.165) is 23.1 Å². The summed E-state index contributed by atoms with van der Waals surface area (Å²) >= 11 is 3.59. The number of carbonyl (C=O) groups excluding carboxylic acids is 1. The van der Waals surface area contributed by atoms with Crippen molar-refractivity contribution in [3.8, 4) is 0 Å². The first kappa shape index (κ1) is 13.9. The molecule has 0 aliphatic carbocycles. The Kier molecular flexibility index (Phi) is 3.80. The maximum atomic E-state index is 11.3. The van der Waals surface area contributed by atoms with Crippen LogP contribution in [0, 0.1) is 0 Å². The quantitative estimate of drug-likeness (QED) is 0.927. The van der Waals surface area contributed by atoms with Crippen molar-refractivity contribution in [3.05, 3.63) is 77.0 Å². The van der Waals surface area contributed by atoms with Crippen molar-refractivity contribution in [1.29, 1.82) is 0 Å². The van der Waals surface area contributed by atoms with E-state index in [9.17, 15) is 4.79 Å². The molecule has 3 nitrogen and oxygen atoms in total. The van der Waals surface area contributed by atoms with Crippen LogP contribution in [0.4, 0.5) is 0 Å². The van der Waals surface area contributed by atoms with E-state index in [1.165, 1.54) is 11.1 Å². The number of nitrogens with zero attached hydrogens (tertiary/aromatic N) is 1.